The van der Waals surface area contributed by atoms with Crippen molar-refractivity contribution in [1.82, 2.24) is 10.3 Å². The molecule has 1 aromatic heterocycles. The number of rotatable bonds is 1. The summed E-state index contributed by atoms with van der Waals surface area (Å²) in [6.45, 7) is 4.73. The molecule has 2 N–H and O–H groups in total. The Morgan fingerprint density at radius 1 is 1.29 bits per heavy atom. The number of hydroxylamine groups is 1. The minimum absolute atomic E-state index is 0.315. The topological polar surface area (TPSA) is 98.9 Å². The Hall–Kier alpha value is -1.51. The molecule has 8 nitrogen and oxygen atoms in total. The molecule has 2 atom stereocenters. The van der Waals surface area contributed by atoms with Gasteiger partial charge in [-0.05, 0) is 0 Å². The molecule has 0 unspecified atom stereocenters. The lowest BCUT2D eigenvalue weighted by Gasteiger charge is -2.35. The van der Waals surface area contributed by atoms with E-state index in [1.807, 2.05) is 6.92 Å². The van der Waals surface area contributed by atoms with Crippen molar-refractivity contribution >= 4 is 5.71 Å². The maximum Gasteiger partial charge on any atom is 0.298 e. The molecule has 1 aromatic rings. The first-order valence-corrected chi connectivity index (χ1v) is 7.36. The summed E-state index contributed by atoms with van der Waals surface area (Å²) >= 11 is 0. The Kier molecular flexibility index (Phi) is 2.66. The van der Waals surface area contributed by atoms with E-state index in [0.717, 1.165) is 22.7 Å². The molecule has 0 saturated carbocycles. The molecule has 0 aromatic carbocycles. The fourth-order valence-corrected chi connectivity index (χ4v) is 4.01. The van der Waals surface area contributed by atoms with Gasteiger partial charge in [0, 0.05) is 12.8 Å². The average molecular weight is 295 g/mol. The maximum absolute atomic E-state index is 12.9. The Balaban J connectivity index is 1.77. The fourth-order valence-electron chi connectivity index (χ4n) is 4.01. The number of aromatic nitrogens is 2. The van der Waals surface area contributed by atoms with E-state index in [2.05, 4.69) is 10.3 Å². The Labute approximate surface area is 121 Å². The van der Waals surface area contributed by atoms with Gasteiger partial charge in [-0.15, -0.1) is 0 Å². The van der Waals surface area contributed by atoms with Crippen molar-refractivity contribution in [3.8, 4) is 0 Å². The highest BCUT2D eigenvalue weighted by Gasteiger charge is 2.65. The van der Waals surface area contributed by atoms with Crippen molar-refractivity contribution in [2.45, 2.75) is 37.5 Å². The molecule has 0 spiro atoms. The number of nitrogens with one attached hydrogen (secondary N) is 1. The number of nitrogens with zero attached hydrogens (tertiary/aromatic N) is 3. The molecule has 1 fully saturated rings. The van der Waals surface area contributed by atoms with Gasteiger partial charge in [0.25, 0.3) is 5.66 Å². The van der Waals surface area contributed by atoms with E-state index in [9.17, 15) is 10.3 Å². The molecule has 0 amide bonds. The molecule has 2 aliphatic heterocycles. The summed E-state index contributed by atoms with van der Waals surface area (Å²) < 4.78 is 11.2. The zero-order chi connectivity index (χ0) is 14.7. The SMILES string of the molecule is C[C@@]1([NH+]2CCOCC2)C[C@@]2(O)C(=[N+]1[O-])CCc1nonc12. The van der Waals surface area contributed by atoms with Crippen LogP contribution in [0.5, 0.6) is 0 Å². The monoisotopic (exact) mass is 295 g/mol. The Morgan fingerprint density at radius 3 is 2.81 bits per heavy atom. The second kappa shape index (κ2) is 4.25. The zero-order valence-corrected chi connectivity index (χ0v) is 12.0. The van der Waals surface area contributed by atoms with E-state index >= 15 is 0 Å². The van der Waals surface area contributed by atoms with E-state index in [-0.39, 0.29) is 0 Å². The predicted octanol–water partition coefficient (Wildman–Crippen LogP) is -1.81. The molecular weight excluding hydrogens is 276 g/mol. The van der Waals surface area contributed by atoms with Gasteiger partial charge >= 0.3 is 0 Å². The molecule has 1 saturated heterocycles. The summed E-state index contributed by atoms with van der Waals surface area (Å²) in [5.41, 5.74) is -0.465. The maximum atomic E-state index is 12.9. The first kappa shape index (κ1) is 13.2. The molecule has 3 heterocycles. The minimum atomic E-state index is -1.34. The number of hydrogen-bond acceptors (Lipinski definition) is 6. The molecule has 8 heteroatoms. The van der Waals surface area contributed by atoms with Gasteiger partial charge in [-0.1, -0.05) is 10.3 Å². The lowest BCUT2D eigenvalue weighted by atomic mass is 9.81. The summed E-state index contributed by atoms with van der Waals surface area (Å²) in [6.07, 6.45) is 1.40. The van der Waals surface area contributed by atoms with Crippen molar-refractivity contribution in [1.29, 1.82) is 0 Å². The third kappa shape index (κ3) is 1.63. The predicted molar refractivity (Wildman–Crippen MR) is 69.7 cm³/mol. The standard InChI is InChI=1S/C13H18N4O4/c1-12(16-4-6-20-7-5-16)8-13(18)10(17(12)19)3-2-9-11(13)15-21-14-9/h18H,2-8H2,1H3/p+1/t12-,13+/m0/s1. The zero-order valence-electron chi connectivity index (χ0n) is 12.0. The van der Waals surface area contributed by atoms with Crippen LogP contribution < -0.4 is 4.90 Å². The van der Waals surface area contributed by atoms with Gasteiger partial charge in [-0.25, -0.2) is 4.63 Å². The summed E-state index contributed by atoms with van der Waals surface area (Å²) in [5, 5.41) is 31.7. The van der Waals surface area contributed by atoms with Crippen molar-refractivity contribution in [2.75, 3.05) is 26.3 Å². The van der Waals surface area contributed by atoms with Gasteiger partial charge in [0.2, 0.25) is 11.3 Å². The van der Waals surface area contributed by atoms with Crippen LogP contribution >= 0.6 is 0 Å². The minimum Gasteiger partial charge on any atom is -0.619 e. The van der Waals surface area contributed by atoms with Crippen LogP contribution in [0.3, 0.4) is 0 Å². The highest BCUT2D eigenvalue weighted by Crippen LogP contribution is 2.41. The third-order valence-electron chi connectivity index (χ3n) is 5.18. The van der Waals surface area contributed by atoms with Crippen LogP contribution in [0.4, 0.5) is 0 Å². The van der Waals surface area contributed by atoms with Gasteiger partial charge < -0.3 is 15.1 Å². The molecule has 0 bridgehead atoms. The smallest absolute Gasteiger partial charge is 0.298 e. The number of aryl methyl sites for hydroxylation is 1. The van der Waals surface area contributed by atoms with Gasteiger partial charge in [-0.2, -0.15) is 4.74 Å². The molecule has 1 aliphatic carbocycles. The van der Waals surface area contributed by atoms with Gasteiger partial charge in [0.1, 0.15) is 25.2 Å². The summed E-state index contributed by atoms with van der Waals surface area (Å²) in [5.74, 6) is 0. The first-order valence-electron chi connectivity index (χ1n) is 7.36. The van der Waals surface area contributed by atoms with Gasteiger partial charge in [0.05, 0.1) is 20.1 Å². The van der Waals surface area contributed by atoms with Crippen LogP contribution in [0.2, 0.25) is 0 Å². The first-order chi connectivity index (χ1) is 10.1. The number of ether oxygens (including phenoxy) is 1. The quantitative estimate of drug-likeness (QED) is 0.468. The highest BCUT2D eigenvalue weighted by molar-refractivity contribution is 5.92. The second-order valence-corrected chi connectivity index (χ2v) is 6.33. The van der Waals surface area contributed by atoms with Gasteiger partial charge in [-0.3, -0.25) is 4.90 Å². The van der Waals surface area contributed by atoms with Crippen molar-refractivity contribution in [3.05, 3.63) is 16.6 Å². The van der Waals surface area contributed by atoms with Crippen LogP contribution in [-0.2, 0) is 16.8 Å². The van der Waals surface area contributed by atoms with Gasteiger partial charge in [0.15, 0.2) is 5.69 Å². The second-order valence-electron chi connectivity index (χ2n) is 6.33. The van der Waals surface area contributed by atoms with E-state index in [4.69, 9.17) is 9.37 Å². The molecule has 114 valence electrons. The van der Waals surface area contributed by atoms with E-state index in [1.165, 1.54) is 0 Å². The number of aliphatic hydroxyl groups is 1. The number of hydrogen-bond donors (Lipinski definition) is 2. The van der Waals surface area contributed by atoms with Crippen LogP contribution in [0.25, 0.3) is 0 Å². The Bertz CT molecular complexity index is 609. The molecule has 0 radical (unpaired) electrons. The van der Waals surface area contributed by atoms with Crippen LogP contribution in [0, 0.1) is 5.21 Å². The number of morpholine rings is 1. The molecule has 21 heavy (non-hydrogen) atoms. The van der Waals surface area contributed by atoms with Crippen molar-refractivity contribution in [3.63, 3.8) is 0 Å². The normalized spacial score (nSPS) is 36.7. The van der Waals surface area contributed by atoms with E-state index < -0.39 is 11.3 Å². The van der Waals surface area contributed by atoms with E-state index in [1.54, 1.807) is 0 Å². The largest absolute Gasteiger partial charge is 0.619 e. The summed E-state index contributed by atoms with van der Waals surface area (Å²) in [4.78, 5) is 1.15. The Morgan fingerprint density at radius 2 is 2.05 bits per heavy atom. The van der Waals surface area contributed by atoms with Crippen molar-refractivity contribution < 1.29 is 24.1 Å². The summed E-state index contributed by atoms with van der Waals surface area (Å²) in [6, 6.07) is 0. The number of quaternary nitrogens is 1. The van der Waals surface area contributed by atoms with Crippen LogP contribution in [0.15, 0.2) is 4.63 Å². The molecule has 3 aliphatic rings. The van der Waals surface area contributed by atoms with Crippen molar-refractivity contribution in [2.24, 2.45) is 0 Å². The lowest BCUT2D eigenvalue weighted by molar-refractivity contribution is -1.04. The average Bonchev–Trinajstić information content (AvgIpc) is 3.04. The van der Waals surface area contributed by atoms with Crippen LogP contribution in [-0.4, -0.2) is 57.8 Å². The molecular formula is C13H19N4O4+. The lowest BCUT2D eigenvalue weighted by Crippen LogP contribution is -3.22. The van der Waals surface area contributed by atoms with Crippen LogP contribution in [0.1, 0.15) is 31.2 Å². The van der Waals surface area contributed by atoms with E-state index in [0.29, 0.717) is 49.6 Å². The summed E-state index contributed by atoms with van der Waals surface area (Å²) in [7, 11) is 0. The molecule has 4 rings (SSSR count). The third-order valence-corrected chi connectivity index (χ3v) is 5.18. The highest BCUT2D eigenvalue weighted by atomic mass is 16.6. The fraction of sp³-hybridized carbons (Fsp3) is 0.769. The number of fused-ring (bicyclic) bond motifs is 3.